The van der Waals surface area contributed by atoms with Crippen LogP contribution in [0.1, 0.15) is 53.7 Å². The average Bonchev–Trinajstić information content (AvgIpc) is 3.75. The van der Waals surface area contributed by atoms with Crippen molar-refractivity contribution in [1.29, 1.82) is 0 Å². The molecule has 2 saturated heterocycles. The molecule has 2 fully saturated rings. The maximum absolute atomic E-state index is 14.5. The number of alkyl halides is 2. The zero-order valence-corrected chi connectivity index (χ0v) is 28.8. The first-order valence-corrected chi connectivity index (χ1v) is 18.1. The summed E-state index contributed by atoms with van der Waals surface area (Å²) < 4.78 is 40.3. The lowest BCUT2D eigenvalue weighted by Crippen LogP contribution is -2.61. The average molecular weight is 722 g/mol. The Morgan fingerprint density at radius 1 is 0.980 bits per heavy atom. The van der Waals surface area contributed by atoms with Crippen molar-refractivity contribution in [1.82, 2.24) is 20.1 Å². The number of aromatic nitrogens is 1. The number of nitrogens with one attached hydrogen (secondary N) is 2. The predicted octanol–water partition coefficient (Wildman–Crippen LogP) is 4.55. The maximum Gasteiger partial charge on any atom is 0.399 e. The molecule has 4 amide bonds. The summed E-state index contributed by atoms with van der Waals surface area (Å²) in [5.41, 5.74) is -3.81. The fourth-order valence-corrected chi connectivity index (χ4v) is 7.41. The van der Waals surface area contributed by atoms with Crippen molar-refractivity contribution in [2.75, 3.05) is 25.0 Å². The predicted molar refractivity (Wildman–Crippen MR) is 185 cm³/mol. The van der Waals surface area contributed by atoms with Crippen molar-refractivity contribution < 1.29 is 42.3 Å². The smallest absolute Gasteiger partial charge is 0.351 e. The number of hydrogen-bond donors (Lipinski definition) is 4. The molecule has 15 heteroatoms. The molecule has 0 bridgehead atoms. The van der Waals surface area contributed by atoms with E-state index in [1.165, 1.54) is 21.9 Å². The molecule has 6 rings (SSSR count). The Labute approximate surface area is 292 Å². The van der Waals surface area contributed by atoms with Gasteiger partial charge in [0, 0.05) is 48.3 Å². The number of fused-ring (bicyclic) bond motifs is 2. The van der Waals surface area contributed by atoms with Gasteiger partial charge in [-0.05, 0) is 62.1 Å². The monoisotopic (exact) mass is 721 g/mol. The van der Waals surface area contributed by atoms with Crippen molar-refractivity contribution in [3.05, 3.63) is 102 Å². The van der Waals surface area contributed by atoms with Gasteiger partial charge in [-0.2, -0.15) is 8.78 Å². The first-order chi connectivity index (χ1) is 24.2. The lowest BCUT2D eigenvalue weighted by Gasteiger charge is -2.40. The third-order valence-electron chi connectivity index (χ3n) is 9.81. The highest BCUT2D eigenvalue weighted by Crippen LogP contribution is 2.59. The normalized spacial score (nSPS) is 20.4. The fourth-order valence-electron chi connectivity index (χ4n) is 6.93. The lowest BCUT2D eigenvalue weighted by atomic mass is 9.98. The minimum absolute atomic E-state index is 0.0810. The second-order valence-electron chi connectivity index (χ2n) is 13.0. The molecule has 4 aromatic rings. The van der Waals surface area contributed by atoms with Crippen molar-refractivity contribution in [3.63, 3.8) is 0 Å². The number of nitrogens with zero attached hydrogens (tertiary/aromatic N) is 3. The van der Waals surface area contributed by atoms with Gasteiger partial charge < -0.3 is 34.8 Å². The van der Waals surface area contributed by atoms with E-state index >= 15 is 0 Å². The van der Waals surface area contributed by atoms with Crippen molar-refractivity contribution in [2.24, 2.45) is 0 Å². The minimum Gasteiger partial charge on any atom is -0.351 e. The summed E-state index contributed by atoms with van der Waals surface area (Å²) in [6.45, 7) is 1.86. The van der Waals surface area contributed by atoms with Crippen LogP contribution in [0.15, 0.2) is 84.9 Å². The quantitative estimate of drug-likeness (QED) is 0.194. The molecule has 1 aromatic heterocycles. The molecule has 2 aliphatic rings. The number of rotatable bonds is 8. The Hall–Kier alpha value is -4.91. The van der Waals surface area contributed by atoms with Crippen LogP contribution in [-0.4, -0.2) is 86.5 Å². The van der Waals surface area contributed by atoms with Gasteiger partial charge in [0.1, 0.15) is 17.8 Å². The number of aromatic amines is 1. The molecule has 0 spiro atoms. The van der Waals surface area contributed by atoms with E-state index in [9.17, 15) is 42.3 Å². The van der Waals surface area contributed by atoms with E-state index in [0.29, 0.717) is 24.9 Å². The van der Waals surface area contributed by atoms with E-state index in [1.54, 1.807) is 43.1 Å². The summed E-state index contributed by atoms with van der Waals surface area (Å²) in [4.78, 5) is 81.7. The zero-order chi connectivity index (χ0) is 36.7. The Kier molecular flexibility index (Phi) is 9.86. The van der Waals surface area contributed by atoms with Crippen LogP contribution in [0.25, 0.3) is 10.9 Å². The van der Waals surface area contributed by atoms with E-state index in [2.05, 4.69) is 10.3 Å². The van der Waals surface area contributed by atoms with E-state index < -0.39 is 48.6 Å². The van der Waals surface area contributed by atoms with E-state index in [1.807, 2.05) is 36.4 Å². The van der Waals surface area contributed by atoms with Gasteiger partial charge in [-0.15, -0.1) is 0 Å². The maximum atomic E-state index is 14.5. The summed E-state index contributed by atoms with van der Waals surface area (Å²) in [6.07, 6.45) is 1.35. The lowest BCUT2D eigenvalue weighted by molar-refractivity contribution is -0.144. The van der Waals surface area contributed by atoms with E-state index in [0.717, 1.165) is 17.7 Å². The first kappa shape index (κ1) is 35.9. The second kappa shape index (κ2) is 14.0. The van der Waals surface area contributed by atoms with Crippen LogP contribution in [0.4, 0.5) is 14.5 Å². The number of carbonyl (C=O) groups excluding carboxylic acids is 4. The molecule has 1 unspecified atom stereocenters. The van der Waals surface area contributed by atoms with Gasteiger partial charge in [0.2, 0.25) is 17.7 Å². The third kappa shape index (κ3) is 7.03. The summed E-state index contributed by atoms with van der Waals surface area (Å²) in [5.74, 6) is -2.38. The Balaban J connectivity index is 1.30. The van der Waals surface area contributed by atoms with Gasteiger partial charge in [-0.3, -0.25) is 23.7 Å². The largest absolute Gasteiger partial charge is 0.399 e. The van der Waals surface area contributed by atoms with Crippen molar-refractivity contribution in [3.8, 4) is 0 Å². The Morgan fingerprint density at radius 3 is 2.31 bits per heavy atom. The minimum atomic E-state index is -5.83. The molecule has 4 atom stereocenters. The number of amides is 4. The number of halogens is 2. The first-order valence-electron chi connectivity index (χ1n) is 16.5. The molecule has 3 heterocycles. The van der Waals surface area contributed by atoms with E-state index in [4.69, 9.17) is 0 Å². The van der Waals surface area contributed by atoms with Crippen LogP contribution in [0.3, 0.4) is 0 Å². The number of para-hydroxylation sites is 1. The molecule has 0 radical (unpaired) electrons. The highest BCUT2D eigenvalue weighted by Gasteiger charge is 2.50. The number of H-pyrrole nitrogens is 1. The molecule has 3 aromatic carbocycles. The van der Waals surface area contributed by atoms with Crippen molar-refractivity contribution >= 4 is 47.8 Å². The number of hydrogen-bond acceptors (Lipinski definition) is 5. The number of carbonyl (C=O) groups is 4. The number of benzene rings is 3. The Bertz CT molecular complexity index is 2000. The van der Waals surface area contributed by atoms with E-state index in [-0.39, 0.29) is 47.5 Å². The SMILES string of the molecule is C[C@H](C(=O)N1CC[C@H]2CC[C@@H](C(=O)N(C)c3ccccc3)N2C(=O)C(NC(=O)c2cc3cc(C(F)(F)P(=O)(O)O)ccc3[nH]2)C1)c1ccccc1. The van der Waals surface area contributed by atoms with Gasteiger partial charge in [-0.25, -0.2) is 0 Å². The highest BCUT2D eigenvalue weighted by atomic mass is 31.2. The summed E-state index contributed by atoms with van der Waals surface area (Å²) in [6, 6.07) is 19.9. The van der Waals surface area contributed by atoms with Crippen LogP contribution in [-0.2, 0) is 24.6 Å². The van der Waals surface area contributed by atoms with Crippen LogP contribution in [0.2, 0.25) is 0 Å². The summed E-state index contributed by atoms with van der Waals surface area (Å²) in [7, 11) is -4.19. The van der Waals surface area contributed by atoms with Gasteiger partial charge in [-0.1, -0.05) is 54.6 Å². The molecular weight excluding hydrogens is 683 g/mol. The molecule has 4 N–H and O–H groups in total. The molecule has 0 saturated carbocycles. The molecular formula is C36H38F2N5O7P. The molecule has 0 aliphatic carbocycles. The van der Waals surface area contributed by atoms with Gasteiger partial charge >= 0.3 is 13.3 Å². The Morgan fingerprint density at radius 2 is 1.65 bits per heavy atom. The van der Waals surface area contributed by atoms with Gasteiger partial charge in [0.05, 0.1) is 5.92 Å². The number of likely N-dealkylation sites (N-methyl/N-ethyl adjacent to an activating group) is 1. The second-order valence-corrected chi connectivity index (χ2v) is 14.7. The molecule has 51 heavy (non-hydrogen) atoms. The van der Waals surface area contributed by atoms with Gasteiger partial charge in [0.15, 0.2) is 0 Å². The summed E-state index contributed by atoms with van der Waals surface area (Å²) in [5, 5.41) is 2.81. The van der Waals surface area contributed by atoms with Crippen LogP contribution < -0.4 is 10.2 Å². The topological polar surface area (TPSA) is 163 Å². The standard InChI is InChI=1S/C36H38F2N5O7P/c1-22(23-9-5-3-6-10-23)33(45)42-18-17-27-14-16-31(35(47)41(2)26-11-7-4-8-12-26)43(27)34(46)30(21-42)40-32(44)29-20-24-19-25(13-15-28(24)39-29)36(37,38)51(48,49)50/h3-13,15,19-20,22,27,30-31,39H,14,16-18,21H2,1-2H3,(H,40,44)(H2,48,49,50)/t22-,27+,30?,31-/m0/s1. The number of anilines is 1. The molecule has 2 aliphatic heterocycles. The fraction of sp³-hybridized carbons (Fsp3) is 0.333. The van der Waals surface area contributed by atoms with Crippen LogP contribution in [0, 0.1) is 0 Å². The zero-order valence-electron chi connectivity index (χ0n) is 27.9. The molecule has 268 valence electrons. The van der Waals surface area contributed by atoms with Crippen molar-refractivity contribution in [2.45, 2.75) is 55.9 Å². The van der Waals surface area contributed by atoms with Crippen LogP contribution >= 0.6 is 7.60 Å². The van der Waals surface area contributed by atoms with Gasteiger partial charge in [0.25, 0.3) is 5.91 Å². The highest BCUT2D eigenvalue weighted by molar-refractivity contribution is 7.52. The van der Waals surface area contributed by atoms with Crippen LogP contribution in [0.5, 0.6) is 0 Å². The summed E-state index contributed by atoms with van der Waals surface area (Å²) >= 11 is 0. The molecule has 12 nitrogen and oxygen atoms in total. The third-order valence-corrected chi connectivity index (χ3v) is 10.8.